The second-order valence-corrected chi connectivity index (χ2v) is 8.90. The number of sulfone groups is 1. The summed E-state index contributed by atoms with van der Waals surface area (Å²) in [4.78, 5) is 16.8. The van der Waals surface area contributed by atoms with E-state index in [0.717, 1.165) is 17.0 Å². The lowest BCUT2D eigenvalue weighted by molar-refractivity contribution is 0.102. The zero-order chi connectivity index (χ0) is 19.4. The van der Waals surface area contributed by atoms with Crippen LogP contribution in [0.15, 0.2) is 58.8 Å². The van der Waals surface area contributed by atoms with Crippen LogP contribution in [0.25, 0.3) is 0 Å². The van der Waals surface area contributed by atoms with Crippen molar-refractivity contribution in [1.82, 2.24) is 4.98 Å². The maximum absolute atomic E-state index is 12.3. The molecule has 1 N–H and O–H groups in total. The molecule has 1 amide bonds. The first kappa shape index (κ1) is 19.1. The lowest BCUT2D eigenvalue weighted by atomic mass is 10.2. The molecule has 2 aromatic carbocycles. The number of hydrogen-bond donors (Lipinski definition) is 1. The standard InChI is InChI=1S/C19H18N2O4S2/c1-13-12-26-18(20-13)11-25-16-7-3-14(4-8-16)19(22)21-15-5-9-17(10-6-15)27(2,23)24/h3-10,12H,11H2,1-2H3,(H,21,22). The summed E-state index contributed by atoms with van der Waals surface area (Å²) in [6.07, 6.45) is 1.14. The summed E-state index contributed by atoms with van der Waals surface area (Å²) < 4.78 is 28.6. The predicted molar refractivity (Wildman–Crippen MR) is 105 cm³/mol. The van der Waals surface area contributed by atoms with Crippen LogP contribution in [0.4, 0.5) is 5.69 Å². The average molecular weight is 402 g/mol. The second kappa shape index (κ2) is 7.89. The van der Waals surface area contributed by atoms with Gasteiger partial charge in [0.15, 0.2) is 9.84 Å². The summed E-state index contributed by atoms with van der Waals surface area (Å²) in [6, 6.07) is 12.8. The van der Waals surface area contributed by atoms with Crippen molar-refractivity contribution in [2.24, 2.45) is 0 Å². The number of benzene rings is 2. The fourth-order valence-corrected chi connectivity index (χ4v) is 3.62. The van der Waals surface area contributed by atoms with Gasteiger partial charge >= 0.3 is 0 Å². The van der Waals surface area contributed by atoms with Crippen molar-refractivity contribution in [3.8, 4) is 5.75 Å². The fraction of sp³-hybridized carbons (Fsp3) is 0.158. The molecule has 0 saturated heterocycles. The number of anilines is 1. The van der Waals surface area contributed by atoms with Gasteiger partial charge < -0.3 is 10.1 Å². The molecular formula is C19H18N2O4S2. The molecule has 0 atom stereocenters. The number of aryl methyl sites for hydroxylation is 1. The highest BCUT2D eigenvalue weighted by molar-refractivity contribution is 7.90. The van der Waals surface area contributed by atoms with Gasteiger partial charge in [0.25, 0.3) is 5.91 Å². The van der Waals surface area contributed by atoms with Crippen LogP contribution >= 0.6 is 11.3 Å². The Kier molecular flexibility index (Phi) is 5.57. The molecule has 3 aromatic rings. The highest BCUT2D eigenvalue weighted by Gasteiger charge is 2.09. The average Bonchev–Trinajstić information content (AvgIpc) is 3.05. The van der Waals surface area contributed by atoms with Gasteiger partial charge in [-0.15, -0.1) is 11.3 Å². The molecule has 0 aliphatic heterocycles. The molecule has 0 spiro atoms. The van der Waals surface area contributed by atoms with E-state index in [2.05, 4.69) is 10.3 Å². The van der Waals surface area contributed by atoms with Crippen molar-refractivity contribution in [2.75, 3.05) is 11.6 Å². The number of ether oxygens (including phenoxy) is 1. The summed E-state index contributed by atoms with van der Waals surface area (Å²) in [7, 11) is -3.26. The van der Waals surface area contributed by atoms with Gasteiger partial charge in [0.2, 0.25) is 0 Å². The number of nitrogens with zero attached hydrogens (tertiary/aromatic N) is 1. The van der Waals surface area contributed by atoms with E-state index in [4.69, 9.17) is 4.74 Å². The number of carbonyl (C=O) groups excluding carboxylic acids is 1. The molecular weight excluding hydrogens is 384 g/mol. The van der Waals surface area contributed by atoms with Gasteiger partial charge in [0, 0.05) is 28.6 Å². The number of carbonyl (C=O) groups is 1. The molecule has 0 bridgehead atoms. The Morgan fingerprint density at radius 2 is 1.78 bits per heavy atom. The smallest absolute Gasteiger partial charge is 0.255 e. The first-order valence-corrected chi connectivity index (χ1v) is 10.8. The summed E-state index contributed by atoms with van der Waals surface area (Å²) in [6.45, 7) is 2.32. The van der Waals surface area contributed by atoms with Crippen LogP contribution in [-0.2, 0) is 16.4 Å². The van der Waals surface area contributed by atoms with Crippen LogP contribution < -0.4 is 10.1 Å². The topological polar surface area (TPSA) is 85.4 Å². The van der Waals surface area contributed by atoms with Crippen molar-refractivity contribution in [3.63, 3.8) is 0 Å². The van der Waals surface area contributed by atoms with Gasteiger partial charge in [-0.2, -0.15) is 0 Å². The largest absolute Gasteiger partial charge is 0.486 e. The van der Waals surface area contributed by atoms with Crippen molar-refractivity contribution in [3.05, 3.63) is 70.2 Å². The summed E-state index contributed by atoms with van der Waals surface area (Å²) in [5, 5.41) is 5.60. The number of aromatic nitrogens is 1. The van der Waals surface area contributed by atoms with Crippen LogP contribution in [0.3, 0.4) is 0 Å². The summed E-state index contributed by atoms with van der Waals surface area (Å²) in [5.74, 6) is 0.362. The Morgan fingerprint density at radius 1 is 1.11 bits per heavy atom. The molecule has 0 aliphatic carbocycles. The quantitative estimate of drug-likeness (QED) is 0.680. The Morgan fingerprint density at radius 3 is 2.33 bits per heavy atom. The third-order valence-electron chi connectivity index (χ3n) is 3.69. The number of rotatable bonds is 6. The molecule has 0 aliphatic rings. The van der Waals surface area contributed by atoms with Gasteiger partial charge in [0.05, 0.1) is 4.90 Å². The molecule has 1 aromatic heterocycles. The van der Waals surface area contributed by atoms with Crippen molar-refractivity contribution in [1.29, 1.82) is 0 Å². The first-order valence-electron chi connectivity index (χ1n) is 8.06. The second-order valence-electron chi connectivity index (χ2n) is 5.95. The van der Waals surface area contributed by atoms with Gasteiger partial charge in [-0.3, -0.25) is 4.79 Å². The molecule has 27 heavy (non-hydrogen) atoms. The molecule has 6 nitrogen and oxygen atoms in total. The molecule has 140 valence electrons. The van der Waals surface area contributed by atoms with Gasteiger partial charge in [-0.1, -0.05) is 0 Å². The van der Waals surface area contributed by atoms with E-state index in [1.54, 1.807) is 47.7 Å². The van der Waals surface area contributed by atoms with Crippen molar-refractivity contribution < 1.29 is 17.9 Å². The molecule has 0 fully saturated rings. The monoisotopic (exact) mass is 402 g/mol. The molecule has 0 saturated carbocycles. The van der Waals surface area contributed by atoms with E-state index >= 15 is 0 Å². The molecule has 1 heterocycles. The molecule has 0 unspecified atom stereocenters. The number of hydrogen-bond acceptors (Lipinski definition) is 6. The normalized spacial score (nSPS) is 11.2. The minimum Gasteiger partial charge on any atom is -0.486 e. The zero-order valence-corrected chi connectivity index (χ0v) is 16.4. The van der Waals surface area contributed by atoms with Crippen LogP contribution in [0.5, 0.6) is 5.75 Å². The minimum absolute atomic E-state index is 0.206. The van der Waals surface area contributed by atoms with E-state index < -0.39 is 9.84 Å². The first-order chi connectivity index (χ1) is 12.8. The maximum atomic E-state index is 12.3. The molecule has 0 radical (unpaired) electrons. The van der Waals surface area contributed by atoms with Crippen LogP contribution in [0.2, 0.25) is 0 Å². The third kappa shape index (κ3) is 5.15. The number of thiazole rings is 1. The zero-order valence-electron chi connectivity index (χ0n) is 14.8. The van der Waals surface area contributed by atoms with E-state index in [0.29, 0.717) is 23.6 Å². The Labute approximate surface area is 161 Å². The third-order valence-corrected chi connectivity index (χ3v) is 5.75. The fourth-order valence-electron chi connectivity index (χ4n) is 2.31. The van der Waals surface area contributed by atoms with Crippen LogP contribution in [0, 0.1) is 6.92 Å². The van der Waals surface area contributed by atoms with E-state index in [9.17, 15) is 13.2 Å². The number of amides is 1. The highest BCUT2D eigenvalue weighted by atomic mass is 32.2. The molecule has 8 heteroatoms. The highest BCUT2D eigenvalue weighted by Crippen LogP contribution is 2.18. The Bertz CT molecular complexity index is 1040. The maximum Gasteiger partial charge on any atom is 0.255 e. The summed E-state index contributed by atoms with van der Waals surface area (Å²) in [5.41, 5.74) is 1.96. The molecule has 3 rings (SSSR count). The lowest BCUT2D eigenvalue weighted by Crippen LogP contribution is -2.11. The van der Waals surface area contributed by atoms with E-state index in [-0.39, 0.29) is 10.8 Å². The van der Waals surface area contributed by atoms with Crippen molar-refractivity contribution >= 4 is 32.8 Å². The van der Waals surface area contributed by atoms with Gasteiger partial charge in [-0.25, -0.2) is 13.4 Å². The summed E-state index contributed by atoms with van der Waals surface area (Å²) >= 11 is 1.54. The van der Waals surface area contributed by atoms with Crippen molar-refractivity contribution in [2.45, 2.75) is 18.4 Å². The van der Waals surface area contributed by atoms with Crippen LogP contribution in [-0.4, -0.2) is 25.6 Å². The van der Waals surface area contributed by atoms with Gasteiger partial charge in [-0.05, 0) is 55.5 Å². The SMILES string of the molecule is Cc1csc(COc2ccc(C(=O)Nc3ccc(S(C)(=O)=O)cc3)cc2)n1. The predicted octanol–water partition coefficient (Wildman–Crippen LogP) is 3.69. The minimum atomic E-state index is -3.26. The van der Waals surface area contributed by atoms with E-state index in [1.807, 2.05) is 12.3 Å². The van der Waals surface area contributed by atoms with Gasteiger partial charge in [0.1, 0.15) is 17.4 Å². The van der Waals surface area contributed by atoms with E-state index in [1.165, 1.54) is 12.1 Å². The number of nitrogens with one attached hydrogen (secondary N) is 1. The lowest BCUT2D eigenvalue weighted by Gasteiger charge is -2.08. The van der Waals surface area contributed by atoms with Crippen LogP contribution in [0.1, 0.15) is 21.1 Å². The Hall–Kier alpha value is -2.71. The Balaban J connectivity index is 1.60.